The molecule has 0 aliphatic carbocycles. The molecule has 1 aliphatic heterocycles. The van der Waals surface area contributed by atoms with Crippen molar-refractivity contribution in [2.45, 2.75) is 33.0 Å². The molecule has 8 nitrogen and oxygen atoms in total. The molecule has 36 heavy (non-hydrogen) atoms. The number of carbonyl (C=O) groups excluding carboxylic acids is 2. The standard InChI is InChI=1S/C27H28FN3O5/c1-18(32)29-22-9-5-19(6-10-22)16-30-12-11-23-26(27(34)35-2)24(15-25(33)31(23)14-13-30)36-17-20-3-7-21(28)8-4-20/h3-10,15H,11-14,16-17H2,1-2H3,(H,29,32). The van der Waals surface area contributed by atoms with Gasteiger partial charge in [0.1, 0.15) is 23.7 Å². The molecule has 1 aromatic heterocycles. The number of fused-ring (bicyclic) bond motifs is 1. The first-order valence-electron chi connectivity index (χ1n) is 11.6. The lowest BCUT2D eigenvalue weighted by molar-refractivity contribution is -0.114. The van der Waals surface area contributed by atoms with Gasteiger partial charge in [0.15, 0.2) is 0 Å². The maximum Gasteiger partial charge on any atom is 0.343 e. The zero-order valence-corrected chi connectivity index (χ0v) is 20.3. The van der Waals surface area contributed by atoms with Crippen molar-refractivity contribution >= 4 is 17.6 Å². The zero-order valence-electron chi connectivity index (χ0n) is 20.3. The smallest absolute Gasteiger partial charge is 0.343 e. The van der Waals surface area contributed by atoms with Gasteiger partial charge in [0.05, 0.1) is 7.11 Å². The number of aromatic nitrogens is 1. The van der Waals surface area contributed by atoms with E-state index in [0.717, 1.165) is 11.3 Å². The summed E-state index contributed by atoms with van der Waals surface area (Å²) < 4.78 is 25.7. The normalized spacial score (nSPS) is 13.4. The molecule has 0 spiro atoms. The van der Waals surface area contributed by atoms with Gasteiger partial charge in [-0.1, -0.05) is 24.3 Å². The van der Waals surface area contributed by atoms with Crippen LogP contribution in [0, 0.1) is 5.82 Å². The zero-order chi connectivity index (χ0) is 25.7. The van der Waals surface area contributed by atoms with Gasteiger partial charge in [-0.15, -0.1) is 0 Å². The Morgan fingerprint density at radius 1 is 1.00 bits per heavy atom. The molecule has 0 unspecified atom stereocenters. The van der Waals surface area contributed by atoms with Crippen molar-refractivity contribution in [3.05, 3.63) is 93.2 Å². The van der Waals surface area contributed by atoms with Gasteiger partial charge in [-0.25, -0.2) is 9.18 Å². The number of nitrogens with one attached hydrogen (secondary N) is 1. The number of anilines is 1. The number of amides is 1. The highest BCUT2D eigenvalue weighted by atomic mass is 19.1. The van der Waals surface area contributed by atoms with E-state index in [2.05, 4.69) is 10.2 Å². The predicted octanol–water partition coefficient (Wildman–Crippen LogP) is 3.37. The Bertz CT molecular complexity index is 1300. The molecule has 1 aliphatic rings. The van der Waals surface area contributed by atoms with Gasteiger partial charge in [-0.3, -0.25) is 14.5 Å². The second-order valence-electron chi connectivity index (χ2n) is 8.63. The summed E-state index contributed by atoms with van der Waals surface area (Å²) in [5.74, 6) is -0.897. The minimum atomic E-state index is -0.574. The van der Waals surface area contributed by atoms with Crippen LogP contribution in [0.5, 0.6) is 5.75 Å². The fourth-order valence-electron chi connectivity index (χ4n) is 4.28. The molecule has 2 aromatic carbocycles. The van der Waals surface area contributed by atoms with E-state index < -0.39 is 5.97 Å². The molecule has 4 rings (SSSR count). The quantitative estimate of drug-likeness (QED) is 0.508. The number of hydrogen-bond acceptors (Lipinski definition) is 6. The van der Waals surface area contributed by atoms with Crippen LogP contribution in [-0.2, 0) is 35.6 Å². The molecule has 188 valence electrons. The fourth-order valence-corrected chi connectivity index (χ4v) is 4.28. The first-order chi connectivity index (χ1) is 17.3. The number of hydrogen-bond donors (Lipinski definition) is 1. The minimum absolute atomic E-state index is 0.0772. The molecular formula is C27H28FN3O5. The monoisotopic (exact) mass is 493 g/mol. The third-order valence-corrected chi connectivity index (χ3v) is 6.06. The van der Waals surface area contributed by atoms with Crippen molar-refractivity contribution in [3.8, 4) is 5.75 Å². The molecule has 0 saturated carbocycles. The van der Waals surface area contributed by atoms with Crippen molar-refractivity contribution < 1.29 is 23.5 Å². The Morgan fingerprint density at radius 2 is 1.69 bits per heavy atom. The summed E-state index contributed by atoms with van der Waals surface area (Å²) in [5, 5.41) is 2.75. The number of ether oxygens (including phenoxy) is 2. The van der Waals surface area contributed by atoms with Crippen molar-refractivity contribution in [3.63, 3.8) is 0 Å². The van der Waals surface area contributed by atoms with Crippen LogP contribution >= 0.6 is 0 Å². The van der Waals surface area contributed by atoms with Crippen LogP contribution in [0.4, 0.5) is 10.1 Å². The number of pyridine rings is 1. The lowest BCUT2D eigenvalue weighted by atomic mass is 10.1. The Labute approximate surface area is 208 Å². The minimum Gasteiger partial charge on any atom is -0.488 e. The average molecular weight is 494 g/mol. The molecule has 0 radical (unpaired) electrons. The fraction of sp³-hybridized carbons (Fsp3) is 0.296. The molecular weight excluding hydrogens is 465 g/mol. The molecule has 3 aromatic rings. The summed E-state index contributed by atoms with van der Waals surface area (Å²) in [6, 6.07) is 14.8. The van der Waals surface area contributed by atoms with Gasteiger partial charge in [0.25, 0.3) is 5.56 Å². The van der Waals surface area contributed by atoms with Crippen LogP contribution in [0.2, 0.25) is 0 Å². The third-order valence-electron chi connectivity index (χ3n) is 6.06. The molecule has 1 amide bonds. The Morgan fingerprint density at radius 3 is 2.36 bits per heavy atom. The van der Waals surface area contributed by atoms with Crippen molar-refractivity contribution in [2.24, 2.45) is 0 Å². The van der Waals surface area contributed by atoms with E-state index in [0.29, 0.717) is 43.9 Å². The number of esters is 1. The van der Waals surface area contributed by atoms with Crippen molar-refractivity contribution in [2.75, 3.05) is 25.5 Å². The number of rotatable bonds is 7. The van der Waals surface area contributed by atoms with Crippen LogP contribution in [0.1, 0.15) is 34.1 Å². The average Bonchev–Trinajstić information content (AvgIpc) is 3.07. The molecule has 0 atom stereocenters. The summed E-state index contributed by atoms with van der Waals surface area (Å²) in [5.41, 5.74) is 3.06. The lowest BCUT2D eigenvalue weighted by Gasteiger charge is -2.19. The van der Waals surface area contributed by atoms with Crippen LogP contribution in [0.3, 0.4) is 0 Å². The SMILES string of the molecule is COC(=O)c1c(OCc2ccc(F)cc2)cc(=O)n2c1CCN(Cc1ccc(NC(C)=O)cc1)CC2. The van der Waals surface area contributed by atoms with Crippen LogP contribution in [0.25, 0.3) is 0 Å². The van der Waals surface area contributed by atoms with E-state index in [4.69, 9.17) is 9.47 Å². The second kappa shape index (κ2) is 11.2. The molecule has 1 N–H and O–H groups in total. The van der Waals surface area contributed by atoms with Gasteiger partial charge in [-0.2, -0.15) is 0 Å². The summed E-state index contributed by atoms with van der Waals surface area (Å²) in [6.07, 6.45) is 0.456. The first kappa shape index (κ1) is 25.1. The van der Waals surface area contributed by atoms with Crippen molar-refractivity contribution in [1.29, 1.82) is 0 Å². The van der Waals surface area contributed by atoms with Gasteiger partial charge in [0, 0.05) is 57.0 Å². The molecule has 2 heterocycles. The predicted molar refractivity (Wildman–Crippen MR) is 133 cm³/mol. The third kappa shape index (κ3) is 5.98. The van der Waals surface area contributed by atoms with Gasteiger partial charge in [-0.05, 0) is 35.4 Å². The number of benzene rings is 2. The van der Waals surface area contributed by atoms with Gasteiger partial charge in [0.2, 0.25) is 5.91 Å². The highest BCUT2D eigenvalue weighted by Gasteiger charge is 2.26. The second-order valence-corrected chi connectivity index (χ2v) is 8.63. The van der Waals surface area contributed by atoms with E-state index in [-0.39, 0.29) is 35.2 Å². The van der Waals surface area contributed by atoms with E-state index >= 15 is 0 Å². The Kier molecular flexibility index (Phi) is 7.80. The van der Waals surface area contributed by atoms with E-state index in [1.165, 1.54) is 32.2 Å². The van der Waals surface area contributed by atoms with E-state index in [1.807, 2.05) is 24.3 Å². The summed E-state index contributed by atoms with van der Waals surface area (Å²) in [4.78, 5) is 39.2. The molecule has 0 bridgehead atoms. The summed E-state index contributed by atoms with van der Waals surface area (Å²) in [7, 11) is 1.29. The van der Waals surface area contributed by atoms with E-state index in [1.54, 1.807) is 16.7 Å². The number of halogens is 1. The van der Waals surface area contributed by atoms with Gasteiger partial charge < -0.3 is 19.4 Å². The lowest BCUT2D eigenvalue weighted by Crippen LogP contribution is -2.29. The highest BCUT2D eigenvalue weighted by molar-refractivity contribution is 5.93. The Hall–Kier alpha value is -3.98. The maximum absolute atomic E-state index is 13.2. The molecule has 9 heteroatoms. The van der Waals surface area contributed by atoms with Crippen molar-refractivity contribution in [1.82, 2.24) is 9.47 Å². The number of nitrogens with zero attached hydrogens (tertiary/aromatic N) is 2. The largest absolute Gasteiger partial charge is 0.488 e. The molecule has 0 saturated heterocycles. The first-order valence-corrected chi connectivity index (χ1v) is 11.6. The summed E-state index contributed by atoms with van der Waals surface area (Å²) >= 11 is 0. The summed E-state index contributed by atoms with van der Waals surface area (Å²) in [6.45, 7) is 3.86. The van der Waals surface area contributed by atoms with E-state index in [9.17, 15) is 18.8 Å². The highest BCUT2D eigenvalue weighted by Crippen LogP contribution is 2.25. The van der Waals surface area contributed by atoms with Crippen LogP contribution in [-0.4, -0.2) is 41.5 Å². The maximum atomic E-state index is 13.2. The molecule has 0 fully saturated rings. The van der Waals surface area contributed by atoms with Crippen LogP contribution < -0.4 is 15.6 Å². The number of methoxy groups -OCH3 is 1. The Balaban J connectivity index is 1.54. The topological polar surface area (TPSA) is 89.9 Å². The van der Waals surface area contributed by atoms with Gasteiger partial charge >= 0.3 is 5.97 Å². The van der Waals surface area contributed by atoms with Crippen LogP contribution in [0.15, 0.2) is 59.4 Å². The number of carbonyl (C=O) groups is 2.